The van der Waals surface area contributed by atoms with Crippen LogP contribution in [0.5, 0.6) is 0 Å². The van der Waals surface area contributed by atoms with Gasteiger partial charge in [-0.15, -0.1) is 0 Å². The molecular weight excluding hydrogens is 168 g/mol. The summed E-state index contributed by atoms with van der Waals surface area (Å²) in [6, 6.07) is 0. The van der Waals surface area contributed by atoms with Gasteiger partial charge in [-0.05, 0) is 25.3 Å². The van der Waals surface area contributed by atoms with Crippen LogP contribution >= 0.6 is 0 Å². The largest absolute Gasteiger partial charge is 0.396 e. The molecule has 1 unspecified atom stereocenters. The van der Waals surface area contributed by atoms with Crippen LogP contribution < -0.4 is 11.1 Å². The van der Waals surface area contributed by atoms with Crippen LogP contribution in [-0.2, 0) is 4.79 Å². The number of nitrogens with two attached hydrogens (primary N) is 1. The molecule has 1 atom stereocenters. The number of rotatable bonds is 7. The normalized spacial score (nSPS) is 12.5. The first-order valence-corrected chi connectivity index (χ1v) is 4.78. The maximum Gasteiger partial charge on any atom is 0.222 e. The summed E-state index contributed by atoms with van der Waals surface area (Å²) in [4.78, 5) is 10.9. The highest BCUT2D eigenvalue weighted by atomic mass is 16.3. The van der Waals surface area contributed by atoms with Crippen molar-refractivity contribution in [1.29, 1.82) is 0 Å². The van der Waals surface area contributed by atoms with Gasteiger partial charge in [-0.1, -0.05) is 6.92 Å². The number of carbonyl (C=O) groups excluding carboxylic acids is 1. The van der Waals surface area contributed by atoms with Gasteiger partial charge < -0.3 is 16.2 Å². The second-order valence-electron chi connectivity index (χ2n) is 3.31. The third-order valence-corrected chi connectivity index (χ3v) is 1.94. The zero-order valence-corrected chi connectivity index (χ0v) is 8.25. The van der Waals surface area contributed by atoms with Gasteiger partial charge in [0, 0.05) is 13.0 Å². The van der Waals surface area contributed by atoms with Gasteiger partial charge >= 0.3 is 0 Å². The molecule has 1 amide bonds. The minimum absolute atomic E-state index is 0.0783. The van der Waals surface area contributed by atoms with Crippen LogP contribution in [0.25, 0.3) is 0 Å². The van der Waals surface area contributed by atoms with E-state index >= 15 is 0 Å². The molecule has 0 aliphatic rings. The molecule has 13 heavy (non-hydrogen) atoms. The lowest BCUT2D eigenvalue weighted by atomic mass is 10.1. The molecule has 0 saturated heterocycles. The molecule has 0 heterocycles. The van der Waals surface area contributed by atoms with Crippen molar-refractivity contribution in [3.8, 4) is 0 Å². The summed E-state index contributed by atoms with van der Waals surface area (Å²) in [5, 5.41) is 11.2. The summed E-state index contributed by atoms with van der Waals surface area (Å²) in [7, 11) is 0. The van der Waals surface area contributed by atoms with E-state index in [1.54, 1.807) is 0 Å². The first kappa shape index (κ1) is 12.4. The van der Waals surface area contributed by atoms with Crippen molar-refractivity contribution in [3.05, 3.63) is 0 Å². The Morgan fingerprint density at radius 2 is 2.31 bits per heavy atom. The van der Waals surface area contributed by atoms with Crippen molar-refractivity contribution in [3.63, 3.8) is 0 Å². The first-order valence-electron chi connectivity index (χ1n) is 4.78. The van der Waals surface area contributed by atoms with Crippen LogP contribution in [0.4, 0.5) is 0 Å². The summed E-state index contributed by atoms with van der Waals surface area (Å²) in [5.41, 5.74) is 5.44. The maximum absolute atomic E-state index is 10.9. The third kappa shape index (κ3) is 7.74. The van der Waals surface area contributed by atoms with Crippen LogP contribution in [0.1, 0.15) is 26.2 Å². The number of aliphatic hydroxyl groups is 1. The average Bonchev–Trinajstić information content (AvgIpc) is 2.12. The third-order valence-electron chi connectivity index (χ3n) is 1.94. The maximum atomic E-state index is 10.9. The van der Waals surface area contributed by atoms with Crippen molar-refractivity contribution in [2.75, 3.05) is 19.7 Å². The van der Waals surface area contributed by atoms with Crippen molar-refractivity contribution in [2.45, 2.75) is 26.2 Å². The smallest absolute Gasteiger partial charge is 0.222 e. The minimum atomic E-state index is -0.0806. The van der Waals surface area contributed by atoms with Crippen LogP contribution in [0, 0.1) is 5.92 Å². The van der Waals surface area contributed by atoms with Gasteiger partial charge in [0.25, 0.3) is 0 Å². The van der Waals surface area contributed by atoms with Gasteiger partial charge in [0.1, 0.15) is 0 Å². The Bertz CT molecular complexity index is 140. The Morgan fingerprint density at radius 3 is 2.85 bits per heavy atom. The standard InChI is InChI=1S/C9H20N2O2/c1-8(7-10)3-2-5-11-9(13)4-6-12/h8,12H,2-7,10H2,1H3,(H,11,13). The fraction of sp³-hybridized carbons (Fsp3) is 0.889. The fourth-order valence-corrected chi connectivity index (χ4v) is 0.986. The summed E-state index contributed by atoms with van der Waals surface area (Å²) >= 11 is 0. The summed E-state index contributed by atoms with van der Waals surface area (Å²) in [5.74, 6) is 0.442. The number of carbonyl (C=O) groups is 1. The second kappa shape index (κ2) is 8.01. The molecule has 0 radical (unpaired) electrons. The lowest BCUT2D eigenvalue weighted by Crippen LogP contribution is -2.25. The van der Waals surface area contributed by atoms with E-state index in [1.807, 2.05) is 0 Å². The zero-order chi connectivity index (χ0) is 10.1. The molecular formula is C9H20N2O2. The van der Waals surface area contributed by atoms with Crippen molar-refractivity contribution in [2.24, 2.45) is 11.7 Å². The Morgan fingerprint density at radius 1 is 1.62 bits per heavy atom. The second-order valence-corrected chi connectivity index (χ2v) is 3.31. The van der Waals surface area contributed by atoms with Gasteiger partial charge in [0.2, 0.25) is 5.91 Å². The molecule has 0 fully saturated rings. The molecule has 4 heteroatoms. The first-order chi connectivity index (χ1) is 6.20. The molecule has 0 rings (SSSR count). The van der Waals surface area contributed by atoms with E-state index in [0.29, 0.717) is 19.0 Å². The van der Waals surface area contributed by atoms with Crippen molar-refractivity contribution >= 4 is 5.91 Å². The van der Waals surface area contributed by atoms with Gasteiger partial charge in [-0.2, -0.15) is 0 Å². The summed E-state index contributed by atoms with van der Waals surface area (Å²) in [6.07, 6.45) is 2.19. The molecule has 0 saturated carbocycles. The molecule has 0 aromatic heterocycles. The van der Waals surface area contributed by atoms with E-state index in [-0.39, 0.29) is 18.9 Å². The van der Waals surface area contributed by atoms with Gasteiger partial charge in [0.05, 0.1) is 6.61 Å². The molecule has 0 aliphatic carbocycles. The average molecular weight is 188 g/mol. The highest BCUT2D eigenvalue weighted by Gasteiger charge is 2.00. The number of hydrogen-bond acceptors (Lipinski definition) is 3. The Balaban J connectivity index is 3.20. The monoisotopic (exact) mass is 188 g/mol. The van der Waals surface area contributed by atoms with Gasteiger partial charge in [-0.25, -0.2) is 0 Å². The van der Waals surface area contributed by atoms with Crippen LogP contribution in [-0.4, -0.2) is 30.7 Å². The quantitative estimate of drug-likeness (QED) is 0.487. The Labute approximate surface area is 79.5 Å². The predicted octanol–water partition coefficient (Wildman–Crippen LogP) is -0.140. The van der Waals surface area contributed by atoms with Crippen molar-refractivity contribution < 1.29 is 9.90 Å². The van der Waals surface area contributed by atoms with Crippen molar-refractivity contribution in [1.82, 2.24) is 5.32 Å². The number of hydrogen-bond donors (Lipinski definition) is 3. The molecule has 0 spiro atoms. The van der Waals surface area contributed by atoms with E-state index < -0.39 is 0 Å². The number of nitrogens with one attached hydrogen (secondary N) is 1. The molecule has 0 aliphatic heterocycles. The van der Waals surface area contributed by atoms with Crippen LogP contribution in [0.2, 0.25) is 0 Å². The molecule has 4 N–H and O–H groups in total. The van der Waals surface area contributed by atoms with Crippen LogP contribution in [0.15, 0.2) is 0 Å². The van der Waals surface area contributed by atoms with E-state index in [4.69, 9.17) is 10.8 Å². The lowest BCUT2D eigenvalue weighted by molar-refractivity contribution is -0.121. The van der Waals surface area contributed by atoms with E-state index in [2.05, 4.69) is 12.2 Å². The highest BCUT2D eigenvalue weighted by molar-refractivity contribution is 5.75. The molecule has 0 bridgehead atoms. The van der Waals surface area contributed by atoms with Crippen LogP contribution in [0.3, 0.4) is 0 Å². The molecule has 0 aromatic rings. The van der Waals surface area contributed by atoms with Gasteiger partial charge in [-0.3, -0.25) is 4.79 Å². The highest BCUT2D eigenvalue weighted by Crippen LogP contribution is 2.01. The summed E-state index contributed by atoms with van der Waals surface area (Å²) < 4.78 is 0. The van der Waals surface area contributed by atoms with E-state index in [9.17, 15) is 4.79 Å². The van der Waals surface area contributed by atoms with Gasteiger partial charge in [0.15, 0.2) is 0 Å². The summed E-state index contributed by atoms with van der Waals surface area (Å²) in [6.45, 7) is 3.40. The van der Waals surface area contributed by atoms with E-state index in [0.717, 1.165) is 12.8 Å². The Hall–Kier alpha value is -0.610. The topological polar surface area (TPSA) is 75.3 Å². The SMILES string of the molecule is CC(CN)CCCNC(=O)CCO. The molecule has 0 aromatic carbocycles. The lowest BCUT2D eigenvalue weighted by Gasteiger charge is -2.08. The number of amides is 1. The zero-order valence-electron chi connectivity index (χ0n) is 8.25. The molecule has 4 nitrogen and oxygen atoms in total. The Kier molecular flexibility index (Phi) is 7.63. The predicted molar refractivity (Wildman–Crippen MR) is 52.2 cm³/mol. The van der Waals surface area contributed by atoms with E-state index in [1.165, 1.54) is 0 Å². The molecule has 78 valence electrons. The minimum Gasteiger partial charge on any atom is -0.396 e. The number of aliphatic hydroxyl groups excluding tert-OH is 1. The fourth-order valence-electron chi connectivity index (χ4n) is 0.986.